The van der Waals surface area contributed by atoms with E-state index in [-0.39, 0.29) is 16.5 Å². The van der Waals surface area contributed by atoms with Crippen molar-refractivity contribution in [3.8, 4) is 5.75 Å². The fourth-order valence-corrected chi connectivity index (χ4v) is 2.95. The zero-order valence-corrected chi connectivity index (χ0v) is 12.3. The smallest absolute Gasteiger partial charge is 0.264 e. The van der Waals surface area contributed by atoms with E-state index in [2.05, 4.69) is 4.72 Å². The molecule has 0 amide bonds. The first kappa shape index (κ1) is 15.5. The van der Waals surface area contributed by atoms with Crippen LogP contribution in [0.1, 0.15) is 0 Å². The van der Waals surface area contributed by atoms with E-state index >= 15 is 0 Å². The van der Waals surface area contributed by atoms with E-state index in [0.29, 0.717) is 6.07 Å². The largest absolute Gasteiger partial charge is 0.495 e. The van der Waals surface area contributed by atoms with Crippen LogP contribution in [0.5, 0.6) is 5.75 Å². The Morgan fingerprint density at radius 3 is 2.48 bits per heavy atom. The molecule has 0 unspecified atom stereocenters. The molecule has 0 fully saturated rings. The summed E-state index contributed by atoms with van der Waals surface area (Å²) in [7, 11) is -2.89. The maximum atomic E-state index is 13.6. The number of benzene rings is 2. The molecule has 2 aromatic rings. The maximum Gasteiger partial charge on any atom is 0.264 e. The average molecular weight is 334 g/mol. The van der Waals surface area contributed by atoms with Crippen molar-refractivity contribution in [1.29, 1.82) is 0 Å². The highest BCUT2D eigenvalue weighted by atomic mass is 35.5. The van der Waals surface area contributed by atoms with Gasteiger partial charge in [0.15, 0.2) is 0 Å². The van der Waals surface area contributed by atoms with E-state index in [1.807, 2.05) is 0 Å². The van der Waals surface area contributed by atoms with Gasteiger partial charge in [0.2, 0.25) is 0 Å². The summed E-state index contributed by atoms with van der Waals surface area (Å²) in [5.74, 6) is -1.85. The van der Waals surface area contributed by atoms with Crippen LogP contribution in [0, 0.1) is 11.6 Å². The van der Waals surface area contributed by atoms with Gasteiger partial charge in [0.05, 0.1) is 12.8 Å². The van der Waals surface area contributed by atoms with Crippen molar-refractivity contribution in [1.82, 2.24) is 0 Å². The first-order valence-electron chi connectivity index (χ1n) is 5.65. The minimum Gasteiger partial charge on any atom is -0.495 e. The topological polar surface area (TPSA) is 55.4 Å². The van der Waals surface area contributed by atoms with Gasteiger partial charge in [-0.05, 0) is 30.3 Å². The van der Waals surface area contributed by atoms with Crippen molar-refractivity contribution < 1.29 is 21.9 Å². The van der Waals surface area contributed by atoms with Crippen LogP contribution in [-0.2, 0) is 10.0 Å². The SMILES string of the molecule is COc1ccc(Cl)cc1NS(=O)(=O)c1ccc(F)cc1F. The van der Waals surface area contributed by atoms with Crippen LogP contribution < -0.4 is 9.46 Å². The Labute approximate surface area is 125 Å². The Bertz CT molecular complexity index is 781. The molecule has 21 heavy (non-hydrogen) atoms. The number of sulfonamides is 1. The summed E-state index contributed by atoms with van der Waals surface area (Å²) in [5, 5.41) is 0.271. The molecule has 0 aliphatic rings. The number of rotatable bonds is 4. The van der Waals surface area contributed by atoms with E-state index in [9.17, 15) is 17.2 Å². The molecule has 0 atom stereocenters. The molecule has 8 heteroatoms. The van der Waals surface area contributed by atoms with Crippen LogP contribution >= 0.6 is 11.6 Å². The summed E-state index contributed by atoms with van der Waals surface area (Å²) in [4.78, 5) is -0.675. The molecule has 0 aliphatic carbocycles. The molecule has 0 saturated carbocycles. The lowest BCUT2D eigenvalue weighted by molar-refractivity contribution is 0.417. The summed E-state index contributed by atoms with van der Waals surface area (Å²) in [5.41, 5.74) is 0.0497. The summed E-state index contributed by atoms with van der Waals surface area (Å²) in [6.45, 7) is 0. The average Bonchev–Trinajstić information content (AvgIpc) is 2.37. The van der Waals surface area contributed by atoms with E-state index < -0.39 is 26.6 Å². The Hall–Kier alpha value is -1.86. The number of hydrogen-bond donors (Lipinski definition) is 1. The summed E-state index contributed by atoms with van der Waals surface area (Å²) in [6, 6.07) is 6.47. The second-order valence-electron chi connectivity index (χ2n) is 4.02. The molecule has 0 spiro atoms. The zero-order valence-electron chi connectivity index (χ0n) is 10.7. The number of halogens is 3. The van der Waals surface area contributed by atoms with Crippen LogP contribution in [0.15, 0.2) is 41.3 Å². The highest BCUT2D eigenvalue weighted by Gasteiger charge is 2.21. The third kappa shape index (κ3) is 3.43. The van der Waals surface area contributed by atoms with Crippen LogP contribution in [-0.4, -0.2) is 15.5 Å². The minimum absolute atomic E-state index is 0.0497. The monoisotopic (exact) mass is 333 g/mol. The lowest BCUT2D eigenvalue weighted by Gasteiger charge is -2.12. The Morgan fingerprint density at radius 1 is 1.14 bits per heavy atom. The van der Waals surface area contributed by atoms with E-state index in [1.165, 1.54) is 25.3 Å². The molecular weight excluding hydrogens is 324 g/mol. The predicted octanol–water partition coefficient (Wildman–Crippen LogP) is 3.43. The molecule has 0 aliphatic heterocycles. The second-order valence-corrected chi connectivity index (χ2v) is 6.11. The maximum absolute atomic E-state index is 13.6. The molecule has 2 rings (SSSR count). The van der Waals surface area contributed by atoms with Crippen molar-refractivity contribution in [2.75, 3.05) is 11.8 Å². The molecule has 1 N–H and O–H groups in total. The minimum atomic E-state index is -4.24. The van der Waals surface area contributed by atoms with Gasteiger partial charge in [-0.1, -0.05) is 11.6 Å². The molecular formula is C13H10ClF2NO3S. The molecule has 0 heterocycles. The van der Waals surface area contributed by atoms with Crippen molar-refractivity contribution in [3.63, 3.8) is 0 Å². The van der Waals surface area contributed by atoms with Gasteiger partial charge in [-0.25, -0.2) is 17.2 Å². The van der Waals surface area contributed by atoms with Gasteiger partial charge in [0.1, 0.15) is 22.3 Å². The third-order valence-corrected chi connectivity index (χ3v) is 4.22. The van der Waals surface area contributed by atoms with Crippen molar-refractivity contribution in [3.05, 3.63) is 53.1 Å². The molecule has 4 nitrogen and oxygen atoms in total. The van der Waals surface area contributed by atoms with Crippen LogP contribution in [0.25, 0.3) is 0 Å². The fourth-order valence-electron chi connectivity index (χ4n) is 1.65. The number of nitrogens with one attached hydrogen (secondary N) is 1. The lowest BCUT2D eigenvalue weighted by atomic mass is 10.3. The number of anilines is 1. The Morgan fingerprint density at radius 2 is 1.86 bits per heavy atom. The fraction of sp³-hybridized carbons (Fsp3) is 0.0769. The predicted molar refractivity (Wildman–Crippen MR) is 75.2 cm³/mol. The van der Waals surface area contributed by atoms with Crippen LogP contribution in [0.4, 0.5) is 14.5 Å². The molecule has 0 radical (unpaired) electrons. The zero-order chi connectivity index (χ0) is 15.6. The summed E-state index contributed by atoms with van der Waals surface area (Å²) < 4.78 is 57.9. The van der Waals surface area contributed by atoms with Crippen LogP contribution in [0.3, 0.4) is 0 Å². The van der Waals surface area contributed by atoms with Crippen molar-refractivity contribution >= 4 is 27.3 Å². The molecule has 0 aromatic heterocycles. The highest BCUT2D eigenvalue weighted by molar-refractivity contribution is 7.92. The van der Waals surface area contributed by atoms with E-state index in [4.69, 9.17) is 16.3 Å². The Kier molecular flexibility index (Phi) is 4.34. The summed E-state index contributed by atoms with van der Waals surface area (Å²) >= 11 is 5.79. The highest BCUT2D eigenvalue weighted by Crippen LogP contribution is 2.30. The molecule has 0 saturated heterocycles. The first-order chi connectivity index (χ1) is 9.83. The van der Waals surface area contributed by atoms with Gasteiger partial charge in [-0.15, -0.1) is 0 Å². The number of ether oxygens (including phenoxy) is 1. The van der Waals surface area contributed by atoms with E-state index in [0.717, 1.165) is 12.1 Å². The first-order valence-corrected chi connectivity index (χ1v) is 7.51. The molecule has 2 aromatic carbocycles. The third-order valence-electron chi connectivity index (χ3n) is 2.59. The normalized spacial score (nSPS) is 11.2. The van der Waals surface area contributed by atoms with Gasteiger partial charge in [0.25, 0.3) is 10.0 Å². The quantitative estimate of drug-likeness (QED) is 0.932. The Balaban J connectivity index is 2.44. The van der Waals surface area contributed by atoms with Gasteiger partial charge in [0, 0.05) is 11.1 Å². The van der Waals surface area contributed by atoms with Gasteiger partial charge in [-0.3, -0.25) is 4.72 Å². The van der Waals surface area contributed by atoms with Crippen molar-refractivity contribution in [2.24, 2.45) is 0 Å². The standard InChI is InChI=1S/C13H10ClF2NO3S/c1-20-12-4-2-8(14)6-11(12)17-21(18,19)13-5-3-9(15)7-10(13)16/h2-7,17H,1H3. The number of methoxy groups -OCH3 is 1. The second kappa shape index (κ2) is 5.87. The molecule has 112 valence electrons. The van der Waals surface area contributed by atoms with Crippen LogP contribution in [0.2, 0.25) is 5.02 Å². The lowest BCUT2D eigenvalue weighted by Crippen LogP contribution is -2.15. The number of hydrogen-bond acceptors (Lipinski definition) is 3. The van der Waals surface area contributed by atoms with Gasteiger partial charge in [-0.2, -0.15) is 0 Å². The van der Waals surface area contributed by atoms with Gasteiger partial charge < -0.3 is 4.74 Å². The van der Waals surface area contributed by atoms with E-state index in [1.54, 1.807) is 0 Å². The van der Waals surface area contributed by atoms with Crippen molar-refractivity contribution in [2.45, 2.75) is 4.90 Å². The summed E-state index contributed by atoms with van der Waals surface area (Å²) in [6.07, 6.45) is 0. The van der Waals surface area contributed by atoms with Gasteiger partial charge >= 0.3 is 0 Å². The molecule has 0 bridgehead atoms.